The molecule has 24 heavy (non-hydrogen) atoms. The fourth-order valence-electron chi connectivity index (χ4n) is 3.41. The minimum absolute atomic E-state index is 0.0719. The standard InChI is InChI=1S/C18H25N3O3/c1-13(22)14-2-4-16(5-3-14)20-6-8-21(9-7-20)18(24)11-15-10-17(23)12-19-15/h2-5,15,17,19,23H,6-12H2,1H3/t15-,17-/m1/s1. The lowest BCUT2D eigenvalue weighted by molar-refractivity contribution is -0.132. The summed E-state index contributed by atoms with van der Waals surface area (Å²) in [6.07, 6.45) is 0.802. The van der Waals surface area contributed by atoms with Gasteiger partial charge in [0.1, 0.15) is 0 Å². The molecule has 1 amide bonds. The van der Waals surface area contributed by atoms with Crippen molar-refractivity contribution in [3.05, 3.63) is 29.8 Å². The Labute approximate surface area is 142 Å². The van der Waals surface area contributed by atoms with Crippen LogP contribution >= 0.6 is 0 Å². The van der Waals surface area contributed by atoms with E-state index in [-0.39, 0.29) is 23.8 Å². The predicted octanol–water partition coefficient (Wildman–Crippen LogP) is 0.651. The molecule has 1 aromatic carbocycles. The predicted molar refractivity (Wildman–Crippen MR) is 92.3 cm³/mol. The Morgan fingerprint density at radius 3 is 2.38 bits per heavy atom. The molecule has 1 aromatic rings. The Morgan fingerprint density at radius 1 is 1.17 bits per heavy atom. The molecular weight excluding hydrogens is 306 g/mol. The fraction of sp³-hybridized carbons (Fsp3) is 0.556. The molecule has 2 aliphatic heterocycles. The highest BCUT2D eigenvalue weighted by Crippen LogP contribution is 2.19. The van der Waals surface area contributed by atoms with Crippen LogP contribution in [0.1, 0.15) is 30.1 Å². The van der Waals surface area contributed by atoms with Crippen molar-refractivity contribution in [2.24, 2.45) is 0 Å². The number of anilines is 1. The molecule has 0 bridgehead atoms. The van der Waals surface area contributed by atoms with Crippen molar-refractivity contribution in [3.8, 4) is 0 Å². The first-order chi connectivity index (χ1) is 11.5. The van der Waals surface area contributed by atoms with E-state index in [0.717, 1.165) is 24.3 Å². The lowest BCUT2D eigenvalue weighted by Gasteiger charge is -2.36. The van der Waals surface area contributed by atoms with Gasteiger partial charge in [0.15, 0.2) is 5.78 Å². The minimum Gasteiger partial charge on any atom is -0.392 e. The van der Waals surface area contributed by atoms with Crippen LogP contribution in [0, 0.1) is 0 Å². The van der Waals surface area contributed by atoms with Gasteiger partial charge >= 0.3 is 0 Å². The second-order valence-corrected chi connectivity index (χ2v) is 6.67. The van der Waals surface area contributed by atoms with Crippen LogP contribution in [-0.2, 0) is 4.79 Å². The van der Waals surface area contributed by atoms with E-state index in [1.54, 1.807) is 6.92 Å². The normalized spacial score (nSPS) is 24.2. The number of aliphatic hydroxyl groups is 1. The lowest BCUT2D eigenvalue weighted by Crippen LogP contribution is -2.49. The number of nitrogens with zero attached hydrogens (tertiary/aromatic N) is 2. The molecule has 0 aliphatic carbocycles. The van der Waals surface area contributed by atoms with Gasteiger partial charge in [0.25, 0.3) is 0 Å². The number of carbonyl (C=O) groups is 2. The van der Waals surface area contributed by atoms with Gasteiger partial charge in [-0.05, 0) is 37.6 Å². The van der Waals surface area contributed by atoms with E-state index in [1.165, 1.54) is 0 Å². The lowest BCUT2D eigenvalue weighted by atomic mass is 10.1. The summed E-state index contributed by atoms with van der Waals surface area (Å²) in [6.45, 7) is 5.17. The summed E-state index contributed by atoms with van der Waals surface area (Å²) in [5.41, 5.74) is 1.81. The molecule has 0 aromatic heterocycles. The molecule has 0 spiro atoms. The Hall–Kier alpha value is -1.92. The number of aliphatic hydroxyl groups excluding tert-OH is 1. The van der Waals surface area contributed by atoms with Crippen LogP contribution < -0.4 is 10.2 Å². The van der Waals surface area contributed by atoms with E-state index in [1.807, 2.05) is 29.2 Å². The number of benzene rings is 1. The van der Waals surface area contributed by atoms with Crippen LogP contribution in [0.2, 0.25) is 0 Å². The molecule has 2 N–H and O–H groups in total. The van der Waals surface area contributed by atoms with Crippen molar-refractivity contribution in [2.75, 3.05) is 37.6 Å². The summed E-state index contributed by atoms with van der Waals surface area (Å²) < 4.78 is 0. The molecule has 0 radical (unpaired) electrons. The van der Waals surface area contributed by atoms with Crippen molar-refractivity contribution in [1.82, 2.24) is 10.2 Å². The fourth-order valence-corrected chi connectivity index (χ4v) is 3.41. The second-order valence-electron chi connectivity index (χ2n) is 6.67. The molecule has 0 saturated carbocycles. The van der Waals surface area contributed by atoms with Crippen LogP contribution in [0.3, 0.4) is 0 Å². The number of hydrogen-bond donors (Lipinski definition) is 2. The van der Waals surface area contributed by atoms with Gasteiger partial charge < -0.3 is 20.2 Å². The van der Waals surface area contributed by atoms with Gasteiger partial charge in [-0.2, -0.15) is 0 Å². The Morgan fingerprint density at radius 2 is 1.83 bits per heavy atom. The van der Waals surface area contributed by atoms with Crippen LogP contribution in [-0.4, -0.2) is 66.6 Å². The maximum absolute atomic E-state index is 12.4. The van der Waals surface area contributed by atoms with Gasteiger partial charge in [-0.1, -0.05) is 0 Å². The van der Waals surface area contributed by atoms with Crippen molar-refractivity contribution >= 4 is 17.4 Å². The molecule has 2 aliphatic rings. The van der Waals surface area contributed by atoms with Gasteiger partial charge in [0, 0.05) is 56.4 Å². The van der Waals surface area contributed by atoms with Crippen LogP contribution in [0.25, 0.3) is 0 Å². The van der Waals surface area contributed by atoms with Crippen molar-refractivity contribution in [1.29, 1.82) is 0 Å². The number of β-amino-alcohol motifs (C(OH)–C–C–N with tert-alkyl or cyclic N) is 1. The molecule has 2 fully saturated rings. The maximum Gasteiger partial charge on any atom is 0.224 e. The first kappa shape index (κ1) is 16.9. The average Bonchev–Trinajstić information content (AvgIpc) is 3.00. The number of amides is 1. The van der Waals surface area contributed by atoms with Crippen molar-refractivity contribution < 1.29 is 14.7 Å². The molecule has 130 valence electrons. The van der Waals surface area contributed by atoms with Crippen molar-refractivity contribution in [3.63, 3.8) is 0 Å². The molecule has 0 unspecified atom stereocenters. The third-order valence-corrected chi connectivity index (χ3v) is 4.89. The Kier molecular flexibility index (Phi) is 5.16. The molecule has 3 rings (SSSR count). The molecule has 6 nitrogen and oxygen atoms in total. The molecule has 2 atom stereocenters. The zero-order valence-electron chi connectivity index (χ0n) is 14.1. The first-order valence-corrected chi connectivity index (χ1v) is 8.58. The van der Waals surface area contributed by atoms with E-state index < -0.39 is 0 Å². The number of Topliss-reactive ketones (excluding diaryl/α,β-unsaturated/α-hetero) is 1. The van der Waals surface area contributed by atoms with Gasteiger partial charge in [-0.25, -0.2) is 0 Å². The topological polar surface area (TPSA) is 72.9 Å². The van der Waals surface area contributed by atoms with Crippen LogP contribution in [0.4, 0.5) is 5.69 Å². The van der Waals surface area contributed by atoms with Gasteiger partial charge in [0.05, 0.1) is 6.10 Å². The Balaban J connectivity index is 1.50. The van der Waals surface area contributed by atoms with E-state index in [4.69, 9.17) is 0 Å². The van der Waals surface area contributed by atoms with Crippen LogP contribution in [0.15, 0.2) is 24.3 Å². The van der Waals surface area contributed by atoms with Crippen molar-refractivity contribution in [2.45, 2.75) is 31.9 Å². The van der Waals surface area contributed by atoms with E-state index >= 15 is 0 Å². The highest BCUT2D eigenvalue weighted by molar-refractivity contribution is 5.94. The molecular formula is C18H25N3O3. The highest BCUT2D eigenvalue weighted by Gasteiger charge is 2.27. The molecule has 2 heterocycles. The summed E-state index contributed by atoms with van der Waals surface area (Å²) in [7, 11) is 0. The number of piperazine rings is 1. The Bertz CT molecular complexity index is 594. The van der Waals surface area contributed by atoms with E-state index in [9.17, 15) is 14.7 Å². The number of hydrogen-bond acceptors (Lipinski definition) is 5. The summed E-state index contributed by atoms with van der Waals surface area (Å²) in [5.74, 6) is 0.232. The molecule has 2 saturated heterocycles. The monoisotopic (exact) mass is 331 g/mol. The second kappa shape index (κ2) is 7.32. The smallest absolute Gasteiger partial charge is 0.224 e. The van der Waals surface area contributed by atoms with Gasteiger partial charge in [0.2, 0.25) is 5.91 Å². The van der Waals surface area contributed by atoms with Gasteiger partial charge in [-0.15, -0.1) is 0 Å². The number of rotatable bonds is 4. The zero-order chi connectivity index (χ0) is 17.1. The largest absolute Gasteiger partial charge is 0.392 e. The third kappa shape index (κ3) is 3.94. The number of carbonyl (C=O) groups excluding carboxylic acids is 2. The van der Waals surface area contributed by atoms with E-state index in [0.29, 0.717) is 32.5 Å². The maximum atomic E-state index is 12.4. The summed E-state index contributed by atoms with van der Waals surface area (Å²) in [4.78, 5) is 27.9. The average molecular weight is 331 g/mol. The summed E-state index contributed by atoms with van der Waals surface area (Å²) in [5, 5.41) is 12.7. The molecule has 6 heteroatoms. The summed E-state index contributed by atoms with van der Waals surface area (Å²) in [6, 6.07) is 7.75. The van der Waals surface area contributed by atoms with E-state index in [2.05, 4.69) is 10.2 Å². The summed E-state index contributed by atoms with van der Waals surface area (Å²) >= 11 is 0. The van der Waals surface area contributed by atoms with Gasteiger partial charge in [-0.3, -0.25) is 9.59 Å². The highest BCUT2D eigenvalue weighted by atomic mass is 16.3. The number of nitrogens with one attached hydrogen (secondary N) is 1. The van der Waals surface area contributed by atoms with Crippen LogP contribution in [0.5, 0.6) is 0 Å². The minimum atomic E-state index is -0.322. The quantitative estimate of drug-likeness (QED) is 0.793. The SMILES string of the molecule is CC(=O)c1ccc(N2CCN(C(=O)C[C@H]3C[C@@H](O)CN3)CC2)cc1. The first-order valence-electron chi connectivity index (χ1n) is 8.58. The zero-order valence-corrected chi connectivity index (χ0v) is 14.1. The third-order valence-electron chi connectivity index (χ3n) is 4.89. The number of ketones is 1.